The molecule has 0 bridgehead atoms. The van der Waals surface area contributed by atoms with Gasteiger partial charge in [0.05, 0.1) is 44.4 Å². The highest BCUT2D eigenvalue weighted by molar-refractivity contribution is 7.89. The molecule has 13 heteroatoms. The Hall–Kier alpha value is -3.68. The molecule has 4 rings (SSSR count). The number of benzene rings is 2. The predicted molar refractivity (Wildman–Crippen MR) is 148 cm³/mol. The number of methoxy groups -OCH3 is 3. The maximum Gasteiger partial charge on any atom is 0.241 e. The van der Waals surface area contributed by atoms with Crippen LogP contribution in [-0.4, -0.2) is 69.8 Å². The van der Waals surface area contributed by atoms with Crippen molar-refractivity contribution in [2.24, 2.45) is 5.92 Å². The Morgan fingerprint density at radius 3 is 2.50 bits per heavy atom. The number of ether oxygens (including phenoxy) is 3. The normalized spacial score (nSPS) is 16.1. The smallest absolute Gasteiger partial charge is 0.241 e. The van der Waals surface area contributed by atoms with E-state index in [2.05, 4.69) is 25.1 Å². The van der Waals surface area contributed by atoms with Gasteiger partial charge in [0.15, 0.2) is 11.5 Å². The highest BCUT2D eigenvalue weighted by atomic mass is 32.2. The molecule has 0 radical (unpaired) electrons. The van der Waals surface area contributed by atoms with Crippen molar-refractivity contribution in [2.45, 2.75) is 44.2 Å². The van der Waals surface area contributed by atoms with E-state index < -0.39 is 10.0 Å². The first kappa shape index (κ1) is 29.3. The van der Waals surface area contributed by atoms with Gasteiger partial charge < -0.3 is 24.1 Å². The van der Waals surface area contributed by atoms with Crippen LogP contribution in [-0.2, 0) is 21.4 Å². The molecule has 0 spiro atoms. The van der Waals surface area contributed by atoms with Crippen molar-refractivity contribution in [3.8, 4) is 28.6 Å². The number of anilines is 1. The molecule has 1 unspecified atom stereocenters. The van der Waals surface area contributed by atoms with Crippen molar-refractivity contribution in [1.29, 1.82) is 0 Å². The largest absolute Gasteiger partial charge is 0.495 e. The second-order valence-corrected chi connectivity index (χ2v) is 11.5. The summed E-state index contributed by atoms with van der Waals surface area (Å²) in [5.41, 5.74) is 1.03. The molecule has 1 amide bonds. The van der Waals surface area contributed by atoms with Gasteiger partial charge in [-0.3, -0.25) is 9.69 Å². The number of hydrogen-bond donors (Lipinski definition) is 2. The third-order valence-corrected chi connectivity index (χ3v) is 8.13. The number of carbonyl (C=O) groups is 1. The van der Waals surface area contributed by atoms with Crippen LogP contribution in [0.3, 0.4) is 0 Å². The van der Waals surface area contributed by atoms with E-state index in [9.17, 15) is 13.2 Å². The summed E-state index contributed by atoms with van der Waals surface area (Å²) in [6.07, 6.45) is 1.50. The fraction of sp³-hybridized carbons (Fsp3) is 0.444. The van der Waals surface area contributed by atoms with Crippen molar-refractivity contribution < 1.29 is 31.9 Å². The van der Waals surface area contributed by atoms with Crippen LogP contribution in [0.2, 0.25) is 0 Å². The molecule has 0 saturated carbocycles. The van der Waals surface area contributed by atoms with Gasteiger partial charge in [0.25, 0.3) is 0 Å². The lowest BCUT2D eigenvalue weighted by Crippen LogP contribution is -2.40. The van der Waals surface area contributed by atoms with Crippen LogP contribution in [0.15, 0.2) is 45.8 Å². The Morgan fingerprint density at radius 1 is 1.07 bits per heavy atom. The van der Waals surface area contributed by atoms with Gasteiger partial charge in [-0.05, 0) is 69.6 Å². The lowest BCUT2D eigenvalue weighted by molar-refractivity contribution is -0.121. The molecule has 3 aromatic rings. The van der Waals surface area contributed by atoms with Gasteiger partial charge >= 0.3 is 0 Å². The minimum absolute atomic E-state index is 0.0456. The van der Waals surface area contributed by atoms with Gasteiger partial charge in [0.1, 0.15) is 5.75 Å². The van der Waals surface area contributed by atoms with Gasteiger partial charge in [-0.1, -0.05) is 5.16 Å². The lowest BCUT2D eigenvalue weighted by Gasteiger charge is -2.31. The molecule has 1 aromatic heterocycles. The third-order valence-electron chi connectivity index (χ3n) is 6.47. The molecule has 1 atom stereocenters. The Kier molecular flexibility index (Phi) is 9.28. The van der Waals surface area contributed by atoms with Gasteiger partial charge in [-0.2, -0.15) is 4.98 Å². The van der Waals surface area contributed by atoms with Gasteiger partial charge in [0, 0.05) is 18.2 Å². The van der Waals surface area contributed by atoms with Crippen molar-refractivity contribution in [2.75, 3.05) is 39.7 Å². The topological polar surface area (TPSA) is 145 Å². The van der Waals surface area contributed by atoms with E-state index in [1.807, 2.05) is 6.07 Å². The molecule has 2 N–H and O–H groups in total. The number of hydrogen-bond acceptors (Lipinski definition) is 10. The molecule has 2 aromatic carbocycles. The first-order valence-corrected chi connectivity index (χ1v) is 14.4. The first-order valence-electron chi connectivity index (χ1n) is 12.9. The predicted octanol–water partition coefficient (Wildman–Crippen LogP) is 3.30. The Bertz CT molecular complexity index is 1440. The SMILES string of the molecule is COc1ccc(S(=O)(=O)NC(C)C)cc1NC(=O)C1CCCN(Cc2nc(-c3ccc(OC)c(OC)c3)no2)C1. The molecular formula is C27H35N5O7S. The maximum atomic E-state index is 13.2. The molecule has 12 nitrogen and oxygen atoms in total. The molecule has 2 heterocycles. The standard InChI is InChI=1S/C27H35N5O7S/c1-17(2)31-40(34,35)20-9-11-22(36-3)21(14-20)28-27(33)19-7-6-12-32(15-19)16-25-29-26(30-39-25)18-8-10-23(37-4)24(13-18)38-5/h8-11,13-14,17,19,31H,6-7,12,15-16H2,1-5H3,(H,28,33). The fourth-order valence-corrected chi connectivity index (χ4v) is 5.86. The van der Waals surface area contributed by atoms with E-state index >= 15 is 0 Å². The third kappa shape index (κ3) is 6.90. The van der Waals surface area contributed by atoms with E-state index in [1.54, 1.807) is 40.2 Å². The monoisotopic (exact) mass is 573 g/mol. The second-order valence-electron chi connectivity index (χ2n) is 9.78. The molecule has 40 heavy (non-hydrogen) atoms. The highest BCUT2D eigenvalue weighted by Gasteiger charge is 2.28. The van der Waals surface area contributed by atoms with Crippen molar-refractivity contribution in [1.82, 2.24) is 19.8 Å². The summed E-state index contributed by atoms with van der Waals surface area (Å²) in [5.74, 6) is 1.86. The fourth-order valence-electron chi connectivity index (χ4n) is 4.58. The zero-order valence-corrected chi connectivity index (χ0v) is 24.1. The second kappa shape index (κ2) is 12.7. The van der Waals surface area contributed by atoms with Crippen LogP contribution in [0.1, 0.15) is 32.6 Å². The quantitative estimate of drug-likeness (QED) is 0.350. The molecule has 1 saturated heterocycles. The van der Waals surface area contributed by atoms with Gasteiger partial charge in [0.2, 0.25) is 27.6 Å². The van der Waals surface area contributed by atoms with E-state index in [0.717, 1.165) is 18.5 Å². The number of nitrogens with one attached hydrogen (secondary N) is 2. The summed E-state index contributed by atoms with van der Waals surface area (Å²) in [6, 6.07) is 9.50. The first-order chi connectivity index (χ1) is 19.1. The van der Waals surface area contributed by atoms with Crippen molar-refractivity contribution in [3.63, 3.8) is 0 Å². The lowest BCUT2D eigenvalue weighted by atomic mass is 9.97. The number of sulfonamides is 1. The summed E-state index contributed by atoms with van der Waals surface area (Å²) in [6.45, 7) is 5.13. The van der Waals surface area contributed by atoms with Crippen LogP contribution in [0.5, 0.6) is 17.2 Å². The molecule has 1 aliphatic heterocycles. The zero-order valence-electron chi connectivity index (χ0n) is 23.3. The average molecular weight is 574 g/mol. The summed E-state index contributed by atoms with van der Waals surface area (Å²) < 4.78 is 49.3. The summed E-state index contributed by atoms with van der Waals surface area (Å²) in [4.78, 5) is 19.9. The number of carbonyl (C=O) groups excluding carboxylic acids is 1. The van der Waals surface area contributed by atoms with E-state index in [-0.39, 0.29) is 22.8 Å². The molecule has 216 valence electrons. The summed E-state index contributed by atoms with van der Waals surface area (Å²) in [5, 5.41) is 6.97. The van der Waals surface area contributed by atoms with E-state index in [1.165, 1.54) is 25.3 Å². The molecule has 1 fully saturated rings. The number of rotatable bonds is 11. The van der Waals surface area contributed by atoms with Gasteiger partial charge in [-0.25, -0.2) is 13.1 Å². The highest BCUT2D eigenvalue weighted by Crippen LogP contribution is 2.32. The Balaban J connectivity index is 1.42. The average Bonchev–Trinajstić information content (AvgIpc) is 3.40. The molecular weight excluding hydrogens is 538 g/mol. The van der Waals surface area contributed by atoms with E-state index in [0.29, 0.717) is 54.2 Å². The van der Waals surface area contributed by atoms with Crippen molar-refractivity contribution in [3.05, 3.63) is 42.3 Å². The number of nitrogens with zero attached hydrogens (tertiary/aromatic N) is 3. The van der Waals surface area contributed by atoms with Crippen LogP contribution in [0, 0.1) is 5.92 Å². The number of piperidine rings is 1. The van der Waals surface area contributed by atoms with Crippen molar-refractivity contribution >= 4 is 21.6 Å². The van der Waals surface area contributed by atoms with Crippen LogP contribution in [0.4, 0.5) is 5.69 Å². The Labute approximate surface area is 234 Å². The minimum atomic E-state index is -3.74. The van der Waals surface area contributed by atoms with Crippen LogP contribution in [0.25, 0.3) is 11.4 Å². The van der Waals surface area contributed by atoms with Crippen LogP contribution >= 0.6 is 0 Å². The number of aromatic nitrogens is 2. The molecule has 0 aliphatic carbocycles. The van der Waals surface area contributed by atoms with E-state index in [4.69, 9.17) is 18.7 Å². The Morgan fingerprint density at radius 2 is 1.80 bits per heavy atom. The zero-order chi connectivity index (χ0) is 28.9. The van der Waals surface area contributed by atoms with Gasteiger partial charge in [-0.15, -0.1) is 0 Å². The number of amides is 1. The number of likely N-dealkylation sites (tertiary alicyclic amines) is 1. The van der Waals surface area contributed by atoms with Crippen LogP contribution < -0.4 is 24.2 Å². The minimum Gasteiger partial charge on any atom is -0.495 e. The molecule has 1 aliphatic rings. The summed E-state index contributed by atoms with van der Waals surface area (Å²) >= 11 is 0. The maximum absolute atomic E-state index is 13.2. The summed E-state index contributed by atoms with van der Waals surface area (Å²) in [7, 11) is 0.858.